The normalized spacial score (nSPS) is 23.4. The van der Waals surface area contributed by atoms with Gasteiger partial charge in [0, 0.05) is 12.1 Å². The first-order valence-corrected chi connectivity index (χ1v) is 5.83. The summed E-state index contributed by atoms with van der Waals surface area (Å²) in [6.07, 6.45) is 2.56. The molecular formula is C11H9N2S. The maximum absolute atomic E-state index is 4.66. The molecule has 1 fully saturated rings. The third-order valence-corrected chi connectivity index (χ3v) is 4.26. The Balaban J connectivity index is 2.15. The first kappa shape index (κ1) is 7.23. The van der Waals surface area contributed by atoms with Gasteiger partial charge >= 0.3 is 0 Å². The number of hydrogen-bond acceptors (Lipinski definition) is 3. The van der Waals surface area contributed by atoms with Crippen molar-refractivity contribution in [1.29, 1.82) is 0 Å². The van der Waals surface area contributed by atoms with Crippen LogP contribution in [-0.4, -0.2) is 11.5 Å². The van der Waals surface area contributed by atoms with Gasteiger partial charge in [-0.2, -0.15) is 0 Å². The fraction of sp³-hybridized carbons (Fsp3) is 0.364. The summed E-state index contributed by atoms with van der Waals surface area (Å²) >= 11 is 1.82. The van der Waals surface area contributed by atoms with Crippen LogP contribution in [0.25, 0.3) is 10.2 Å². The van der Waals surface area contributed by atoms with Gasteiger partial charge in [-0.05, 0) is 25.0 Å². The summed E-state index contributed by atoms with van der Waals surface area (Å²) < 4.78 is 1.32. The van der Waals surface area contributed by atoms with Crippen LogP contribution in [0.15, 0.2) is 12.1 Å². The van der Waals surface area contributed by atoms with Crippen molar-refractivity contribution in [3.63, 3.8) is 0 Å². The van der Waals surface area contributed by atoms with Crippen LogP contribution in [0, 0.1) is 6.07 Å². The molecule has 3 heterocycles. The van der Waals surface area contributed by atoms with E-state index < -0.39 is 0 Å². The minimum absolute atomic E-state index is 0.576. The SMILES string of the molecule is [c]1ccc2sc3nc2c1C1CCCN31. The molecule has 14 heavy (non-hydrogen) atoms. The molecule has 1 unspecified atom stereocenters. The maximum atomic E-state index is 4.66. The van der Waals surface area contributed by atoms with Crippen molar-refractivity contribution in [3.05, 3.63) is 23.8 Å². The maximum Gasteiger partial charge on any atom is 0.186 e. The van der Waals surface area contributed by atoms with Gasteiger partial charge in [0.1, 0.15) is 0 Å². The second kappa shape index (κ2) is 2.28. The van der Waals surface area contributed by atoms with E-state index in [9.17, 15) is 0 Å². The number of rotatable bonds is 0. The number of hydrogen-bond donors (Lipinski definition) is 0. The Labute approximate surface area is 86.2 Å². The molecule has 0 spiro atoms. The zero-order valence-electron chi connectivity index (χ0n) is 7.66. The Hall–Kier alpha value is -1.09. The zero-order valence-corrected chi connectivity index (χ0v) is 8.47. The topological polar surface area (TPSA) is 16.1 Å². The quantitative estimate of drug-likeness (QED) is 0.651. The van der Waals surface area contributed by atoms with E-state index in [4.69, 9.17) is 0 Å². The number of fused-ring (bicyclic) bond motifs is 4. The Bertz CT molecular complexity index is 517. The van der Waals surface area contributed by atoms with Crippen LogP contribution in [-0.2, 0) is 0 Å². The summed E-state index contributed by atoms with van der Waals surface area (Å²) in [6, 6.07) is 8.11. The molecule has 0 aliphatic carbocycles. The summed E-state index contributed by atoms with van der Waals surface area (Å²) in [5.74, 6) is 0. The highest BCUT2D eigenvalue weighted by molar-refractivity contribution is 7.22. The fourth-order valence-corrected chi connectivity index (χ4v) is 3.63. The lowest BCUT2D eigenvalue weighted by atomic mass is 10.0. The van der Waals surface area contributed by atoms with Crippen molar-refractivity contribution in [2.45, 2.75) is 18.9 Å². The Morgan fingerprint density at radius 3 is 3.57 bits per heavy atom. The molecule has 1 saturated heterocycles. The van der Waals surface area contributed by atoms with Crippen molar-refractivity contribution in [3.8, 4) is 0 Å². The minimum atomic E-state index is 0.576. The van der Waals surface area contributed by atoms with Crippen LogP contribution < -0.4 is 4.90 Å². The van der Waals surface area contributed by atoms with Crippen LogP contribution in [0.4, 0.5) is 5.13 Å². The molecule has 2 aromatic rings. The van der Waals surface area contributed by atoms with E-state index in [1.54, 1.807) is 0 Å². The van der Waals surface area contributed by atoms with Gasteiger partial charge in [-0.25, -0.2) is 4.98 Å². The third kappa shape index (κ3) is 0.708. The van der Waals surface area contributed by atoms with Gasteiger partial charge in [-0.15, -0.1) is 0 Å². The predicted molar refractivity (Wildman–Crippen MR) is 57.8 cm³/mol. The van der Waals surface area contributed by atoms with Crippen molar-refractivity contribution in [2.24, 2.45) is 0 Å². The lowest BCUT2D eigenvalue weighted by Crippen LogP contribution is -2.24. The molecule has 4 rings (SSSR count). The largest absolute Gasteiger partial charge is 0.341 e. The van der Waals surface area contributed by atoms with E-state index in [1.165, 1.54) is 40.3 Å². The van der Waals surface area contributed by atoms with E-state index in [2.05, 4.69) is 22.0 Å². The molecule has 0 N–H and O–H groups in total. The minimum Gasteiger partial charge on any atom is -0.341 e. The number of nitrogens with zero attached hydrogens (tertiary/aromatic N) is 2. The molecule has 2 nitrogen and oxygen atoms in total. The molecule has 1 aromatic heterocycles. The number of thiazole rings is 1. The van der Waals surface area contributed by atoms with Crippen LogP contribution >= 0.6 is 11.3 Å². The Morgan fingerprint density at radius 2 is 2.57 bits per heavy atom. The molecule has 1 atom stereocenters. The van der Waals surface area contributed by atoms with Gasteiger partial charge < -0.3 is 4.90 Å². The molecule has 69 valence electrons. The monoisotopic (exact) mass is 201 g/mol. The molecule has 2 aliphatic heterocycles. The van der Waals surface area contributed by atoms with E-state index in [1.807, 2.05) is 17.4 Å². The van der Waals surface area contributed by atoms with Gasteiger partial charge in [-0.3, -0.25) is 0 Å². The van der Waals surface area contributed by atoms with E-state index in [0.717, 1.165) is 0 Å². The Kier molecular flexibility index (Phi) is 1.18. The van der Waals surface area contributed by atoms with Gasteiger partial charge in [-0.1, -0.05) is 17.4 Å². The van der Waals surface area contributed by atoms with Crippen molar-refractivity contribution in [2.75, 3.05) is 11.4 Å². The molecular weight excluding hydrogens is 192 g/mol. The summed E-state index contributed by atoms with van der Waals surface area (Å²) in [5.41, 5.74) is 2.53. The van der Waals surface area contributed by atoms with E-state index in [-0.39, 0.29) is 0 Å². The standard InChI is InChI=1S/C11H9N2S/c1-3-7-8-4-2-6-13(8)11-12-10(7)9(5-1)14-11/h1,5,8H,2,4,6H2. The van der Waals surface area contributed by atoms with E-state index in [0.29, 0.717) is 6.04 Å². The van der Waals surface area contributed by atoms with Crippen molar-refractivity contribution < 1.29 is 0 Å². The molecule has 0 amide bonds. The smallest absolute Gasteiger partial charge is 0.186 e. The predicted octanol–water partition coefficient (Wildman–Crippen LogP) is 2.75. The third-order valence-electron chi connectivity index (χ3n) is 3.20. The fourth-order valence-electron chi connectivity index (χ4n) is 2.57. The lowest BCUT2D eigenvalue weighted by Gasteiger charge is -2.26. The first-order valence-electron chi connectivity index (χ1n) is 5.01. The van der Waals surface area contributed by atoms with Gasteiger partial charge in [0.25, 0.3) is 0 Å². The summed E-state index contributed by atoms with van der Waals surface area (Å²) in [7, 11) is 0. The van der Waals surface area contributed by atoms with Gasteiger partial charge in [0.2, 0.25) is 0 Å². The number of aromatic nitrogens is 1. The van der Waals surface area contributed by atoms with Crippen molar-refractivity contribution in [1.82, 2.24) is 4.98 Å². The molecule has 1 radical (unpaired) electrons. The number of anilines is 1. The average molecular weight is 201 g/mol. The summed E-state index contributed by atoms with van der Waals surface area (Å²) in [4.78, 5) is 7.10. The van der Waals surface area contributed by atoms with Crippen LogP contribution in [0.1, 0.15) is 24.4 Å². The zero-order chi connectivity index (χ0) is 9.12. The van der Waals surface area contributed by atoms with E-state index >= 15 is 0 Å². The Morgan fingerprint density at radius 1 is 1.57 bits per heavy atom. The number of benzene rings is 1. The molecule has 1 aromatic carbocycles. The van der Waals surface area contributed by atoms with Gasteiger partial charge in [0.15, 0.2) is 5.13 Å². The van der Waals surface area contributed by atoms with Gasteiger partial charge in [0.05, 0.1) is 16.3 Å². The summed E-state index contributed by atoms with van der Waals surface area (Å²) in [5, 5.41) is 1.22. The second-order valence-electron chi connectivity index (χ2n) is 3.95. The highest BCUT2D eigenvalue weighted by atomic mass is 32.1. The highest BCUT2D eigenvalue weighted by Crippen LogP contribution is 2.46. The van der Waals surface area contributed by atoms with Crippen LogP contribution in [0.2, 0.25) is 0 Å². The molecule has 2 bridgehead atoms. The average Bonchev–Trinajstić information content (AvgIpc) is 2.83. The van der Waals surface area contributed by atoms with Crippen molar-refractivity contribution >= 4 is 26.7 Å². The van der Waals surface area contributed by atoms with Crippen LogP contribution in [0.5, 0.6) is 0 Å². The summed E-state index contributed by atoms with van der Waals surface area (Å²) in [6.45, 7) is 1.17. The lowest BCUT2D eigenvalue weighted by molar-refractivity contribution is 0.711. The molecule has 0 saturated carbocycles. The first-order chi connectivity index (χ1) is 6.93. The van der Waals surface area contributed by atoms with Crippen LogP contribution in [0.3, 0.4) is 0 Å². The molecule has 2 aliphatic rings. The molecule has 3 heteroatoms. The highest BCUT2D eigenvalue weighted by Gasteiger charge is 2.34. The second-order valence-corrected chi connectivity index (χ2v) is 4.96.